The number of likely N-dealkylation sites (tertiary alicyclic amines) is 1. The Hall–Kier alpha value is -1.71. The molecule has 2 aliphatic carbocycles. The minimum Gasteiger partial charge on any atom is -0.504 e. The van der Waals surface area contributed by atoms with E-state index in [1.54, 1.807) is 7.85 Å². The number of piperidine rings is 1. The van der Waals surface area contributed by atoms with Crippen LogP contribution < -0.4 is 10.6 Å². The lowest BCUT2D eigenvalue weighted by Crippen LogP contribution is -2.53. The van der Waals surface area contributed by atoms with Crippen LogP contribution in [0.2, 0.25) is 5.02 Å². The summed E-state index contributed by atoms with van der Waals surface area (Å²) in [4.78, 5) is 14.5. The van der Waals surface area contributed by atoms with E-state index in [2.05, 4.69) is 21.6 Å². The van der Waals surface area contributed by atoms with Gasteiger partial charge in [0.15, 0.2) is 15.6 Å². The smallest absolute Gasteiger partial charge is 0.319 e. The zero-order valence-corrected chi connectivity index (χ0v) is 20.2. The Balaban J connectivity index is 1.53. The van der Waals surface area contributed by atoms with Crippen molar-refractivity contribution < 1.29 is 18.3 Å². The van der Waals surface area contributed by atoms with E-state index in [4.69, 9.17) is 11.6 Å². The molecule has 1 aromatic carbocycles. The number of amides is 2. The van der Waals surface area contributed by atoms with Gasteiger partial charge in [0.1, 0.15) is 12.7 Å². The third-order valence-electron chi connectivity index (χ3n) is 7.47. The molecule has 3 N–H and O–H groups in total. The molecule has 7 nitrogen and oxygen atoms in total. The Morgan fingerprint density at radius 1 is 1.25 bits per heavy atom. The number of benzene rings is 1. The molecule has 1 aromatic rings. The molecule has 0 aromatic heterocycles. The first kappa shape index (κ1) is 23.5. The fourth-order valence-electron chi connectivity index (χ4n) is 4.88. The number of hydrogen-bond donors (Lipinski definition) is 3. The predicted molar refractivity (Wildman–Crippen MR) is 129 cm³/mol. The summed E-state index contributed by atoms with van der Waals surface area (Å²) in [6.07, 6.45) is 8.37. The first-order valence-electron chi connectivity index (χ1n) is 11.4. The SMILES string of the molecule is BC1(S(=O)(=O)c2c(Cl)ccc(NC(=O)N[C@@H]3CCC=C3C)c2O)CCN(C2CCC2)CC1. The number of nitrogens with one attached hydrogen (secondary N) is 2. The van der Waals surface area contributed by atoms with Crippen LogP contribution >= 0.6 is 11.6 Å². The molecule has 2 amide bonds. The standard InChI is InChI=1S/C22H31BClN3O4S/c1-14-4-2-7-17(14)25-21(29)26-18-9-8-16(24)20(19(18)28)32(30,31)22(23)10-12-27(13-11-22)15-5-3-6-15/h4,8-9,15,17,28H,2-3,5-7,10-13,23H2,1H3,(H2,25,26,29)/t17-/m1/s1. The van der Waals surface area contributed by atoms with Crippen molar-refractivity contribution >= 4 is 41.0 Å². The second kappa shape index (κ2) is 8.91. The third kappa shape index (κ3) is 4.27. The zero-order chi connectivity index (χ0) is 23.1. The first-order valence-corrected chi connectivity index (χ1v) is 13.2. The molecule has 1 aliphatic heterocycles. The fraction of sp³-hybridized carbons (Fsp3) is 0.591. The molecular weight excluding hydrogens is 449 g/mol. The normalized spacial score (nSPS) is 23.9. The van der Waals surface area contributed by atoms with Gasteiger partial charge in [0.25, 0.3) is 0 Å². The lowest BCUT2D eigenvalue weighted by atomic mass is 9.77. The second-order valence-corrected chi connectivity index (χ2v) is 12.3. The summed E-state index contributed by atoms with van der Waals surface area (Å²) < 4.78 is 26.3. The lowest BCUT2D eigenvalue weighted by Gasteiger charge is -2.45. The Morgan fingerprint density at radius 2 is 1.94 bits per heavy atom. The number of phenols is 1. The number of sulfone groups is 1. The van der Waals surface area contributed by atoms with Gasteiger partial charge in [-0.25, -0.2) is 13.2 Å². The highest BCUT2D eigenvalue weighted by atomic mass is 35.5. The largest absolute Gasteiger partial charge is 0.504 e. The van der Waals surface area contributed by atoms with Crippen LogP contribution in [0.5, 0.6) is 5.75 Å². The molecule has 1 atom stereocenters. The number of carbonyl (C=O) groups excluding carboxylic acids is 1. The van der Waals surface area contributed by atoms with Crippen LogP contribution in [0.25, 0.3) is 0 Å². The summed E-state index contributed by atoms with van der Waals surface area (Å²) in [5.41, 5.74) is 1.12. The molecule has 0 bridgehead atoms. The van der Waals surface area contributed by atoms with Gasteiger partial charge < -0.3 is 20.6 Å². The molecule has 1 saturated carbocycles. The van der Waals surface area contributed by atoms with Crippen molar-refractivity contribution in [3.63, 3.8) is 0 Å². The predicted octanol–water partition coefficient (Wildman–Crippen LogP) is 3.03. The van der Waals surface area contributed by atoms with E-state index in [0.717, 1.165) is 18.4 Å². The van der Waals surface area contributed by atoms with Gasteiger partial charge in [-0.3, -0.25) is 0 Å². The molecular formula is C22H31BClN3O4S. The number of phenolic OH excluding ortho intramolecular Hbond substituents is 1. The highest BCUT2D eigenvalue weighted by Gasteiger charge is 2.46. The molecule has 0 unspecified atom stereocenters. The molecule has 174 valence electrons. The van der Waals surface area contributed by atoms with E-state index in [0.29, 0.717) is 32.0 Å². The molecule has 2 fully saturated rings. The monoisotopic (exact) mass is 479 g/mol. The van der Waals surface area contributed by atoms with Gasteiger partial charge in [-0.2, -0.15) is 0 Å². The summed E-state index contributed by atoms with van der Waals surface area (Å²) >= 11 is 6.29. The minimum absolute atomic E-state index is 0.0283. The minimum atomic E-state index is -3.94. The second-order valence-electron chi connectivity index (χ2n) is 9.52. The highest BCUT2D eigenvalue weighted by Crippen LogP contribution is 2.44. The molecule has 1 saturated heterocycles. The van der Waals surface area contributed by atoms with Crippen LogP contribution in [-0.4, -0.2) is 62.1 Å². The van der Waals surface area contributed by atoms with E-state index in [1.807, 2.05) is 6.92 Å². The number of anilines is 1. The van der Waals surface area contributed by atoms with Gasteiger partial charge in [-0.1, -0.05) is 29.7 Å². The average Bonchev–Trinajstić information content (AvgIpc) is 3.09. The van der Waals surface area contributed by atoms with Gasteiger partial charge in [-0.05, 0) is 70.7 Å². The number of rotatable bonds is 5. The van der Waals surface area contributed by atoms with E-state index in [-0.39, 0.29) is 21.6 Å². The first-order chi connectivity index (χ1) is 15.1. The number of carbonyl (C=O) groups is 1. The number of urea groups is 1. The average molecular weight is 480 g/mol. The summed E-state index contributed by atoms with van der Waals surface area (Å²) in [5.74, 6) is -0.506. The number of hydrogen-bond acceptors (Lipinski definition) is 5. The lowest BCUT2D eigenvalue weighted by molar-refractivity contribution is 0.101. The van der Waals surface area contributed by atoms with Crippen LogP contribution in [0.15, 0.2) is 28.7 Å². The van der Waals surface area contributed by atoms with Gasteiger partial charge in [0, 0.05) is 10.7 Å². The van der Waals surface area contributed by atoms with Crippen LogP contribution in [0.4, 0.5) is 10.5 Å². The van der Waals surface area contributed by atoms with Gasteiger partial charge in [-0.15, -0.1) is 0 Å². The molecule has 10 heteroatoms. The Bertz CT molecular complexity index is 1030. The van der Waals surface area contributed by atoms with Crippen molar-refractivity contribution in [3.8, 4) is 5.75 Å². The van der Waals surface area contributed by atoms with Gasteiger partial charge in [0.05, 0.1) is 16.8 Å². The maximum Gasteiger partial charge on any atom is 0.319 e. The Kier molecular flexibility index (Phi) is 6.53. The highest BCUT2D eigenvalue weighted by molar-refractivity contribution is 7.94. The Labute approximate surface area is 195 Å². The van der Waals surface area contributed by atoms with E-state index in [9.17, 15) is 18.3 Å². The summed E-state index contributed by atoms with van der Waals surface area (Å²) in [7, 11) is -2.21. The van der Waals surface area contributed by atoms with Crippen LogP contribution in [0.3, 0.4) is 0 Å². The number of aromatic hydroxyl groups is 1. The summed E-state index contributed by atoms with van der Waals surface area (Å²) in [6.45, 7) is 3.39. The maximum absolute atomic E-state index is 13.7. The van der Waals surface area contributed by atoms with E-state index >= 15 is 0 Å². The van der Waals surface area contributed by atoms with Gasteiger partial charge in [0.2, 0.25) is 0 Å². The van der Waals surface area contributed by atoms with E-state index in [1.165, 1.54) is 31.4 Å². The quantitative estimate of drug-likeness (QED) is 0.342. The number of halogens is 1. The molecule has 3 aliphatic rings. The molecule has 0 spiro atoms. The van der Waals surface area contributed by atoms with Crippen molar-refractivity contribution in [2.75, 3.05) is 18.4 Å². The summed E-state index contributed by atoms with van der Waals surface area (Å²) in [5, 5.41) is 16.3. The van der Waals surface area contributed by atoms with Crippen molar-refractivity contribution in [1.29, 1.82) is 0 Å². The zero-order valence-electron chi connectivity index (χ0n) is 18.7. The van der Waals surface area contributed by atoms with Crippen molar-refractivity contribution in [3.05, 3.63) is 28.8 Å². The molecule has 0 radical (unpaired) electrons. The van der Waals surface area contributed by atoms with Crippen LogP contribution in [-0.2, 0) is 9.84 Å². The maximum atomic E-state index is 13.7. The van der Waals surface area contributed by atoms with Crippen LogP contribution in [0.1, 0.15) is 51.9 Å². The summed E-state index contributed by atoms with van der Waals surface area (Å²) in [6, 6.07) is 2.86. The fourth-order valence-corrected chi connectivity index (χ4v) is 7.24. The molecule has 4 rings (SSSR count). The Morgan fingerprint density at radius 3 is 2.50 bits per heavy atom. The van der Waals surface area contributed by atoms with Crippen LogP contribution in [0, 0.1) is 0 Å². The van der Waals surface area contributed by atoms with Gasteiger partial charge >= 0.3 is 6.03 Å². The van der Waals surface area contributed by atoms with Crippen molar-refractivity contribution in [2.24, 2.45) is 0 Å². The third-order valence-corrected chi connectivity index (χ3v) is 10.6. The molecule has 1 heterocycles. The number of allylic oxidation sites excluding steroid dienone is 1. The van der Waals surface area contributed by atoms with Crippen molar-refractivity contribution in [1.82, 2.24) is 10.2 Å². The van der Waals surface area contributed by atoms with Crippen molar-refractivity contribution in [2.45, 2.75) is 73.5 Å². The number of nitrogens with zero attached hydrogens (tertiary/aromatic N) is 1. The molecule has 32 heavy (non-hydrogen) atoms. The van der Waals surface area contributed by atoms with E-state index < -0.39 is 26.3 Å². The topological polar surface area (TPSA) is 98.7 Å².